The second-order valence-corrected chi connectivity index (χ2v) is 7.39. The Morgan fingerprint density at radius 1 is 1.15 bits per heavy atom. The number of hydrogen-bond acceptors (Lipinski definition) is 6. The van der Waals surface area contributed by atoms with E-state index in [0.717, 1.165) is 35.3 Å². The molecule has 142 valence electrons. The smallest absolute Gasteiger partial charge is 0.190 e. The Balaban J connectivity index is 0.00000210. The van der Waals surface area contributed by atoms with Gasteiger partial charge in [0.05, 0.1) is 19.2 Å². The first kappa shape index (κ1) is 19.7. The van der Waals surface area contributed by atoms with Crippen molar-refractivity contribution in [3.8, 4) is 5.75 Å². The highest BCUT2D eigenvalue weighted by Crippen LogP contribution is 2.30. The van der Waals surface area contributed by atoms with Gasteiger partial charge in [0.2, 0.25) is 0 Å². The highest BCUT2D eigenvalue weighted by Gasteiger charge is 2.22. The van der Waals surface area contributed by atoms with Gasteiger partial charge in [-0.2, -0.15) is 0 Å². The number of fused-ring (bicyclic) bond motifs is 2. The molecule has 0 saturated carbocycles. The average Bonchev–Trinajstić information content (AvgIpc) is 3.08. The van der Waals surface area contributed by atoms with Crippen LogP contribution in [0.25, 0.3) is 10.9 Å². The molecule has 0 saturated heterocycles. The van der Waals surface area contributed by atoms with E-state index in [1.807, 2.05) is 18.2 Å². The van der Waals surface area contributed by atoms with Gasteiger partial charge in [-0.05, 0) is 42.2 Å². The fraction of sp³-hybridized carbons (Fsp3) is 0.300. The Morgan fingerprint density at radius 3 is 2.56 bits per heavy atom. The quantitative estimate of drug-likeness (QED) is 0.483. The number of nitrogens with one attached hydrogen (secondary N) is 1. The molecule has 4 rings (SSSR count). The molecule has 0 aliphatic heterocycles. The Morgan fingerprint density at radius 2 is 1.89 bits per heavy atom. The van der Waals surface area contributed by atoms with Gasteiger partial charge in [-0.1, -0.05) is 36.0 Å². The minimum absolute atomic E-state index is 0. The van der Waals surface area contributed by atoms with E-state index in [2.05, 4.69) is 34.6 Å². The summed E-state index contributed by atoms with van der Waals surface area (Å²) >= 11 is 1.46. The van der Waals surface area contributed by atoms with Crippen LogP contribution in [0.5, 0.6) is 5.75 Å². The number of methoxy groups -OCH3 is 1. The maximum atomic E-state index is 9.10. The Bertz CT molecular complexity index is 913. The van der Waals surface area contributed by atoms with E-state index in [9.17, 15) is 0 Å². The molecule has 0 spiro atoms. The summed E-state index contributed by atoms with van der Waals surface area (Å²) in [6.45, 7) is 0.107. The summed E-state index contributed by atoms with van der Waals surface area (Å²) in [6.07, 6.45) is 1.98. The van der Waals surface area contributed by atoms with Crippen molar-refractivity contribution >= 4 is 40.9 Å². The molecule has 5 nitrogen and oxygen atoms in total. The fourth-order valence-electron chi connectivity index (χ4n) is 3.38. The SMILES string of the molecule is COc1ccc2nc(SCCO)nc(NC3Cc4ccccc4C3)c2c1.Cl. The number of benzene rings is 2. The monoisotopic (exact) mass is 403 g/mol. The summed E-state index contributed by atoms with van der Waals surface area (Å²) in [5.74, 6) is 2.19. The van der Waals surface area contributed by atoms with Crippen LogP contribution in [0.1, 0.15) is 11.1 Å². The van der Waals surface area contributed by atoms with Gasteiger partial charge in [0.1, 0.15) is 11.6 Å². The molecule has 1 heterocycles. The minimum Gasteiger partial charge on any atom is -0.497 e. The van der Waals surface area contributed by atoms with Crippen LogP contribution in [0, 0.1) is 0 Å². The Hall–Kier alpha value is -2.02. The van der Waals surface area contributed by atoms with Crippen molar-refractivity contribution in [2.45, 2.75) is 24.0 Å². The van der Waals surface area contributed by atoms with Crippen LogP contribution in [0.2, 0.25) is 0 Å². The lowest BCUT2D eigenvalue weighted by Crippen LogP contribution is -2.20. The predicted molar refractivity (Wildman–Crippen MR) is 112 cm³/mol. The van der Waals surface area contributed by atoms with E-state index in [4.69, 9.17) is 14.8 Å². The van der Waals surface area contributed by atoms with Gasteiger partial charge in [-0.3, -0.25) is 0 Å². The van der Waals surface area contributed by atoms with Crippen LogP contribution in [0.4, 0.5) is 5.82 Å². The first-order valence-corrected chi connectivity index (χ1v) is 9.68. The van der Waals surface area contributed by atoms with Crippen molar-refractivity contribution in [3.05, 3.63) is 53.6 Å². The van der Waals surface area contributed by atoms with Crippen LogP contribution < -0.4 is 10.1 Å². The zero-order valence-electron chi connectivity index (χ0n) is 15.0. The zero-order chi connectivity index (χ0) is 17.9. The number of aromatic nitrogens is 2. The lowest BCUT2D eigenvalue weighted by Gasteiger charge is -2.16. The Kier molecular flexibility index (Phi) is 6.42. The second kappa shape index (κ2) is 8.78. The molecule has 0 bridgehead atoms. The maximum absolute atomic E-state index is 9.10. The molecule has 0 radical (unpaired) electrons. The standard InChI is InChI=1S/C20H21N3O2S.ClH/c1-25-16-6-7-18-17(12-16)19(23-20(22-18)26-9-8-24)21-15-10-13-4-2-3-5-14(13)11-15;/h2-7,12,15,24H,8-11H2,1H3,(H,21,22,23);1H. The third-order valence-electron chi connectivity index (χ3n) is 4.60. The predicted octanol–water partition coefficient (Wildman–Crippen LogP) is 3.72. The number of aliphatic hydroxyl groups is 1. The number of halogens is 1. The molecule has 0 amide bonds. The lowest BCUT2D eigenvalue weighted by atomic mass is 10.1. The van der Waals surface area contributed by atoms with E-state index in [-0.39, 0.29) is 19.0 Å². The van der Waals surface area contributed by atoms with Crippen LogP contribution in [0.15, 0.2) is 47.6 Å². The lowest BCUT2D eigenvalue weighted by molar-refractivity contribution is 0.322. The average molecular weight is 404 g/mol. The number of rotatable bonds is 6. The highest BCUT2D eigenvalue weighted by molar-refractivity contribution is 7.99. The van der Waals surface area contributed by atoms with Gasteiger partial charge >= 0.3 is 0 Å². The molecule has 2 aromatic carbocycles. The summed E-state index contributed by atoms with van der Waals surface area (Å²) in [4.78, 5) is 9.32. The topological polar surface area (TPSA) is 67.3 Å². The zero-order valence-corrected chi connectivity index (χ0v) is 16.6. The number of thioether (sulfide) groups is 1. The van der Waals surface area contributed by atoms with Gasteiger partial charge in [0, 0.05) is 17.2 Å². The molecule has 7 heteroatoms. The second-order valence-electron chi connectivity index (χ2n) is 6.33. The van der Waals surface area contributed by atoms with Crippen molar-refractivity contribution in [3.63, 3.8) is 0 Å². The van der Waals surface area contributed by atoms with Gasteiger partial charge < -0.3 is 15.2 Å². The van der Waals surface area contributed by atoms with Crippen molar-refractivity contribution < 1.29 is 9.84 Å². The van der Waals surface area contributed by atoms with Gasteiger partial charge in [-0.25, -0.2) is 9.97 Å². The van der Waals surface area contributed by atoms with E-state index in [1.54, 1.807) is 7.11 Å². The van der Waals surface area contributed by atoms with Gasteiger partial charge in [-0.15, -0.1) is 12.4 Å². The molecule has 0 fully saturated rings. The number of ether oxygens (including phenoxy) is 1. The van der Waals surface area contributed by atoms with Crippen LogP contribution in [0.3, 0.4) is 0 Å². The summed E-state index contributed by atoms with van der Waals surface area (Å²) in [7, 11) is 1.66. The van der Waals surface area contributed by atoms with Crippen molar-refractivity contribution in [2.24, 2.45) is 0 Å². The molecule has 1 aliphatic carbocycles. The van der Waals surface area contributed by atoms with Crippen LogP contribution in [-0.4, -0.2) is 40.6 Å². The molecular formula is C20H22ClN3O2S. The largest absolute Gasteiger partial charge is 0.497 e. The number of aliphatic hydroxyl groups excluding tert-OH is 1. The molecule has 0 unspecified atom stereocenters. The van der Waals surface area contributed by atoms with E-state index in [1.165, 1.54) is 22.9 Å². The van der Waals surface area contributed by atoms with Crippen LogP contribution in [-0.2, 0) is 12.8 Å². The number of anilines is 1. The van der Waals surface area contributed by atoms with Crippen molar-refractivity contribution in [2.75, 3.05) is 24.8 Å². The molecule has 1 aliphatic rings. The summed E-state index contributed by atoms with van der Waals surface area (Å²) in [6, 6.07) is 14.7. The van der Waals surface area contributed by atoms with Gasteiger partial charge in [0.15, 0.2) is 5.16 Å². The Labute approximate surface area is 169 Å². The number of nitrogens with zero attached hydrogens (tertiary/aromatic N) is 2. The van der Waals surface area contributed by atoms with Crippen molar-refractivity contribution in [1.82, 2.24) is 9.97 Å². The third kappa shape index (κ3) is 4.29. The normalized spacial score (nSPS) is 13.3. The molecule has 1 aromatic heterocycles. The summed E-state index contributed by atoms with van der Waals surface area (Å²) in [5, 5.41) is 14.3. The third-order valence-corrected chi connectivity index (χ3v) is 5.42. The maximum Gasteiger partial charge on any atom is 0.190 e. The number of hydrogen-bond donors (Lipinski definition) is 2. The van der Waals surface area contributed by atoms with E-state index >= 15 is 0 Å². The van der Waals surface area contributed by atoms with Crippen molar-refractivity contribution in [1.29, 1.82) is 0 Å². The first-order chi connectivity index (χ1) is 12.8. The summed E-state index contributed by atoms with van der Waals surface area (Å²) in [5.41, 5.74) is 3.67. The van der Waals surface area contributed by atoms with E-state index < -0.39 is 0 Å². The minimum atomic E-state index is 0. The van der Waals surface area contributed by atoms with Crippen LogP contribution >= 0.6 is 24.2 Å². The molecule has 27 heavy (non-hydrogen) atoms. The highest BCUT2D eigenvalue weighted by atomic mass is 35.5. The van der Waals surface area contributed by atoms with E-state index in [0.29, 0.717) is 17.0 Å². The molecule has 0 atom stereocenters. The fourth-order valence-corrected chi connectivity index (χ4v) is 3.97. The molecular weight excluding hydrogens is 382 g/mol. The molecule has 2 N–H and O–H groups in total. The first-order valence-electron chi connectivity index (χ1n) is 8.69. The molecule has 3 aromatic rings. The summed E-state index contributed by atoms with van der Waals surface area (Å²) < 4.78 is 5.37. The van der Waals surface area contributed by atoms with Gasteiger partial charge in [0.25, 0.3) is 0 Å².